The summed E-state index contributed by atoms with van der Waals surface area (Å²) in [5.74, 6) is 0.624. The molecular weight excluding hydrogens is 190 g/mol. The molecule has 0 bridgehead atoms. The summed E-state index contributed by atoms with van der Waals surface area (Å²) in [7, 11) is 3.96. The lowest BCUT2D eigenvalue weighted by atomic mass is 10.1. The highest BCUT2D eigenvalue weighted by atomic mass is 16.5. The van der Waals surface area contributed by atoms with Gasteiger partial charge < -0.3 is 15.2 Å². The largest absolute Gasteiger partial charge is 0.394 e. The maximum Gasteiger partial charge on any atom is 0.191 e. The Bertz CT molecular complexity index is 462. The van der Waals surface area contributed by atoms with Crippen LogP contribution in [0, 0.1) is 0 Å². The number of hydrogen-bond acceptors (Lipinski definition) is 4. The number of nitrogens with zero attached hydrogens (tertiary/aromatic N) is 2. The van der Waals surface area contributed by atoms with E-state index in [9.17, 15) is 0 Å². The summed E-state index contributed by atoms with van der Waals surface area (Å²) in [6.07, 6.45) is 1.52. The van der Waals surface area contributed by atoms with Crippen molar-refractivity contribution in [2.45, 2.75) is 0 Å². The number of benzene rings is 1. The molecule has 0 amide bonds. The third-order valence-corrected chi connectivity index (χ3v) is 2.23. The predicted molar refractivity (Wildman–Crippen MR) is 60.7 cm³/mol. The molecule has 0 radical (unpaired) electrons. The number of anilines is 2. The molecule has 0 aliphatic heterocycles. The van der Waals surface area contributed by atoms with Gasteiger partial charge in [0.2, 0.25) is 0 Å². The van der Waals surface area contributed by atoms with E-state index in [2.05, 4.69) is 5.16 Å². The van der Waals surface area contributed by atoms with E-state index in [1.165, 1.54) is 6.20 Å². The van der Waals surface area contributed by atoms with Crippen LogP contribution in [0.15, 0.2) is 35.0 Å². The van der Waals surface area contributed by atoms with Crippen LogP contribution in [0.1, 0.15) is 0 Å². The molecule has 1 heterocycles. The van der Waals surface area contributed by atoms with E-state index < -0.39 is 0 Å². The minimum atomic E-state index is 0.560. The van der Waals surface area contributed by atoms with Crippen LogP contribution in [0.5, 0.6) is 0 Å². The van der Waals surface area contributed by atoms with Gasteiger partial charge in [-0.1, -0.05) is 17.3 Å². The molecule has 0 saturated carbocycles. The molecule has 1 aromatic heterocycles. The second-order valence-corrected chi connectivity index (χ2v) is 3.52. The van der Waals surface area contributed by atoms with Crippen molar-refractivity contribution in [1.29, 1.82) is 0 Å². The normalized spacial score (nSPS) is 10.3. The van der Waals surface area contributed by atoms with Crippen molar-refractivity contribution in [3.8, 4) is 11.3 Å². The fourth-order valence-electron chi connectivity index (χ4n) is 1.51. The Labute approximate surface area is 88.3 Å². The van der Waals surface area contributed by atoms with Crippen molar-refractivity contribution in [2.75, 3.05) is 24.7 Å². The monoisotopic (exact) mass is 203 g/mol. The second kappa shape index (κ2) is 3.65. The van der Waals surface area contributed by atoms with Crippen LogP contribution in [0.4, 0.5) is 11.4 Å². The molecule has 2 N–H and O–H groups in total. The van der Waals surface area contributed by atoms with Crippen LogP contribution in [-0.4, -0.2) is 19.3 Å². The summed E-state index contributed by atoms with van der Waals surface area (Å²) >= 11 is 0. The maximum absolute atomic E-state index is 5.77. The average molecular weight is 203 g/mol. The van der Waals surface area contributed by atoms with Gasteiger partial charge in [-0.3, -0.25) is 0 Å². The first kappa shape index (κ1) is 9.58. The summed E-state index contributed by atoms with van der Waals surface area (Å²) in [5, 5.41) is 3.68. The topological polar surface area (TPSA) is 55.3 Å². The summed E-state index contributed by atoms with van der Waals surface area (Å²) < 4.78 is 5.14. The zero-order chi connectivity index (χ0) is 10.8. The zero-order valence-electron chi connectivity index (χ0n) is 8.77. The number of para-hydroxylation sites is 1. The van der Waals surface area contributed by atoms with Gasteiger partial charge in [0.25, 0.3) is 0 Å². The maximum atomic E-state index is 5.77. The van der Waals surface area contributed by atoms with E-state index >= 15 is 0 Å². The van der Waals surface area contributed by atoms with Crippen LogP contribution in [0.25, 0.3) is 11.3 Å². The van der Waals surface area contributed by atoms with Crippen LogP contribution < -0.4 is 10.6 Å². The van der Waals surface area contributed by atoms with Gasteiger partial charge in [-0.2, -0.15) is 0 Å². The molecule has 0 fully saturated rings. The first-order valence-corrected chi connectivity index (χ1v) is 4.67. The Kier molecular flexibility index (Phi) is 2.33. The average Bonchev–Trinajstić information content (AvgIpc) is 2.64. The summed E-state index contributed by atoms with van der Waals surface area (Å²) in [6, 6.07) is 7.90. The van der Waals surface area contributed by atoms with Gasteiger partial charge in [0.05, 0.1) is 6.20 Å². The third-order valence-electron chi connectivity index (χ3n) is 2.23. The molecule has 0 aliphatic rings. The fraction of sp³-hybridized carbons (Fsp3) is 0.182. The molecule has 4 heteroatoms. The van der Waals surface area contributed by atoms with Gasteiger partial charge in [-0.05, 0) is 12.1 Å². The third kappa shape index (κ3) is 1.66. The van der Waals surface area contributed by atoms with E-state index in [4.69, 9.17) is 10.3 Å². The quantitative estimate of drug-likeness (QED) is 0.811. The number of aromatic nitrogens is 1. The fourth-order valence-corrected chi connectivity index (χ4v) is 1.51. The van der Waals surface area contributed by atoms with Crippen LogP contribution in [0.2, 0.25) is 0 Å². The lowest BCUT2D eigenvalue weighted by molar-refractivity contribution is 0.432. The number of nitrogens with two attached hydrogens (primary N) is 1. The molecule has 0 aliphatic carbocycles. The molecule has 0 saturated heterocycles. The minimum Gasteiger partial charge on any atom is -0.394 e. The summed E-state index contributed by atoms with van der Waals surface area (Å²) in [6.45, 7) is 0. The number of rotatable bonds is 2. The van der Waals surface area contributed by atoms with Gasteiger partial charge in [0.15, 0.2) is 5.76 Å². The number of hydrogen-bond donors (Lipinski definition) is 1. The Morgan fingerprint density at radius 3 is 2.60 bits per heavy atom. The van der Waals surface area contributed by atoms with E-state index in [1.807, 2.05) is 43.3 Å². The van der Waals surface area contributed by atoms with E-state index in [1.54, 1.807) is 0 Å². The van der Waals surface area contributed by atoms with Crippen LogP contribution in [-0.2, 0) is 0 Å². The van der Waals surface area contributed by atoms with Crippen LogP contribution >= 0.6 is 0 Å². The highest BCUT2D eigenvalue weighted by Gasteiger charge is 2.12. The highest BCUT2D eigenvalue weighted by molar-refractivity contribution is 5.81. The van der Waals surface area contributed by atoms with E-state index in [0.717, 1.165) is 11.3 Å². The van der Waals surface area contributed by atoms with Gasteiger partial charge in [-0.25, -0.2) is 0 Å². The molecule has 0 spiro atoms. The SMILES string of the molecule is CN(C)c1ccccc1-c1oncc1N. The lowest BCUT2D eigenvalue weighted by Gasteiger charge is -2.15. The lowest BCUT2D eigenvalue weighted by Crippen LogP contribution is -2.09. The second-order valence-electron chi connectivity index (χ2n) is 3.52. The van der Waals surface area contributed by atoms with Gasteiger partial charge in [0.1, 0.15) is 5.69 Å². The highest BCUT2D eigenvalue weighted by Crippen LogP contribution is 2.32. The Morgan fingerprint density at radius 1 is 1.27 bits per heavy atom. The molecule has 1 aromatic carbocycles. The van der Waals surface area contributed by atoms with Crippen molar-refractivity contribution in [2.24, 2.45) is 0 Å². The molecular formula is C11H13N3O. The summed E-state index contributed by atoms with van der Waals surface area (Å²) in [5.41, 5.74) is 8.34. The molecule has 0 unspecified atom stereocenters. The zero-order valence-corrected chi connectivity index (χ0v) is 8.77. The Morgan fingerprint density at radius 2 is 2.00 bits per heavy atom. The summed E-state index contributed by atoms with van der Waals surface area (Å²) in [4.78, 5) is 2.01. The van der Waals surface area contributed by atoms with Crippen LogP contribution in [0.3, 0.4) is 0 Å². The van der Waals surface area contributed by atoms with Gasteiger partial charge in [-0.15, -0.1) is 0 Å². The molecule has 0 atom stereocenters. The molecule has 15 heavy (non-hydrogen) atoms. The minimum absolute atomic E-state index is 0.560. The molecule has 2 rings (SSSR count). The Hall–Kier alpha value is -1.97. The van der Waals surface area contributed by atoms with Gasteiger partial charge >= 0.3 is 0 Å². The standard InChI is InChI=1S/C11H13N3O/c1-14(2)10-6-4-3-5-8(10)11-9(12)7-13-15-11/h3-7H,12H2,1-2H3. The predicted octanol–water partition coefficient (Wildman–Crippen LogP) is 1.99. The van der Waals surface area contributed by atoms with Crippen molar-refractivity contribution in [1.82, 2.24) is 5.16 Å². The first-order chi connectivity index (χ1) is 7.20. The van der Waals surface area contributed by atoms with E-state index in [-0.39, 0.29) is 0 Å². The first-order valence-electron chi connectivity index (χ1n) is 4.67. The number of nitrogen functional groups attached to an aromatic ring is 1. The van der Waals surface area contributed by atoms with Crippen molar-refractivity contribution in [3.63, 3.8) is 0 Å². The molecule has 78 valence electrons. The van der Waals surface area contributed by atoms with Crippen molar-refractivity contribution in [3.05, 3.63) is 30.5 Å². The van der Waals surface area contributed by atoms with E-state index in [0.29, 0.717) is 11.4 Å². The smallest absolute Gasteiger partial charge is 0.191 e. The molecule has 2 aromatic rings. The Balaban J connectivity index is 2.58. The van der Waals surface area contributed by atoms with Crippen molar-refractivity contribution >= 4 is 11.4 Å². The van der Waals surface area contributed by atoms with Crippen molar-refractivity contribution < 1.29 is 4.52 Å². The molecule has 4 nitrogen and oxygen atoms in total. The van der Waals surface area contributed by atoms with Gasteiger partial charge in [0, 0.05) is 25.3 Å².